The Morgan fingerprint density at radius 1 is 0.939 bits per heavy atom. The van der Waals surface area contributed by atoms with E-state index in [1.54, 1.807) is 49.4 Å². The fraction of sp³-hybridized carbons (Fsp3) is 0.269. The number of sulfonamides is 1. The minimum absolute atomic E-state index is 0.126. The number of nitrogens with one attached hydrogen (secondary N) is 1. The molecule has 3 aromatic carbocycles. The second kappa shape index (κ2) is 10.4. The Morgan fingerprint density at radius 2 is 1.52 bits per heavy atom. The van der Waals surface area contributed by atoms with Crippen molar-refractivity contribution in [2.75, 3.05) is 10.8 Å². The van der Waals surface area contributed by atoms with E-state index in [0.717, 1.165) is 21.0 Å². The maximum Gasteiger partial charge on any atom is 0.264 e. The number of amides is 1. The summed E-state index contributed by atoms with van der Waals surface area (Å²) in [4.78, 5) is 13.2. The number of carbonyl (C=O) groups is 1. The molecule has 0 aliphatic carbocycles. The number of nitrogens with zero attached hydrogens (tertiary/aromatic N) is 1. The first kappa shape index (κ1) is 24.8. The quantitative estimate of drug-likeness (QED) is 0.444. The molecule has 0 heterocycles. The van der Waals surface area contributed by atoms with Crippen LogP contribution in [0.15, 0.2) is 71.6 Å². The van der Waals surface area contributed by atoms with Crippen LogP contribution in [0.1, 0.15) is 41.6 Å². The van der Waals surface area contributed by atoms with Crippen LogP contribution in [-0.2, 0) is 14.8 Å². The molecule has 0 aliphatic heterocycles. The van der Waals surface area contributed by atoms with E-state index in [0.29, 0.717) is 22.7 Å². The summed E-state index contributed by atoms with van der Waals surface area (Å²) >= 11 is 6.10. The third-order valence-corrected chi connectivity index (χ3v) is 7.56. The van der Waals surface area contributed by atoms with Gasteiger partial charge in [0, 0.05) is 5.02 Å². The number of halogens is 1. The molecule has 0 radical (unpaired) electrons. The number of carbonyl (C=O) groups excluding carboxylic acids is 1. The van der Waals surface area contributed by atoms with Gasteiger partial charge in [-0.15, -0.1) is 0 Å². The van der Waals surface area contributed by atoms with Crippen LogP contribution in [0.2, 0.25) is 5.02 Å². The largest absolute Gasteiger partial charge is 0.348 e. The van der Waals surface area contributed by atoms with Gasteiger partial charge in [0.05, 0.1) is 16.6 Å². The second-order valence-electron chi connectivity index (χ2n) is 8.19. The molecule has 1 N–H and O–H groups in total. The minimum Gasteiger partial charge on any atom is -0.348 e. The summed E-state index contributed by atoms with van der Waals surface area (Å²) in [6.07, 6.45) is 0.680. The molecule has 1 unspecified atom stereocenters. The van der Waals surface area contributed by atoms with Gasteiger partial charge >= 0.3 is 0 Å². The third kappa shape index (κ3) is 5.95. The van der Waals surface area contributed by atoms with Crippen LogP contribution in [0, 0.1) is 20.8 Å². The summed E-state index contributed by atoms with van der Waals surface area (Å²) in [6.45, 7) is 7.31. The molecule has 0 aromatic heterocycles. The Balaban J connectivity index is 1.94. The summed E-state index contributed by atoms with van der Waals surface area (Å²) in [5, 5.41) is 3.49. The smallest absolute Gasteiger partial charge is 0.264 e. The number of anilines is 1. The Kier molecular flexibility index (Phi) is 7.82. The molecule has 3 aromatic rings. The third-order valence-electron chi connectivity index (χ3n) is 5.55. The Labute approximate surface area is 201 Å². The lowest BCUT2D eigenvalue weighted by Gasteiger charge is -2.27. The molecule has 0 spiro atoms. The zero-order chi connectivity index (χ0) is 24.2. The molecule has 0 bridgehead atoms. The van der Waals surface area contributed by atoms with Gasteiger partial charge in [-0.2, -0.15) is 0 Å². The monoisotopic (exact) mass is 484 g/mol. The van der Waals surface area contributed by atoms with Gasteiger partial charge < -0.3 is 5.32 Å². The standard InChI is InChI=1S/C26H29ClN2O3S/c1-5-24(21-10-6-18(2)7-11-21)28-26(30)17-29(25-15-12-22(27)16-20(25)4)33(31,32)23-13-8-19(3)9-14-23/h6-16,24H,5,17H2,1-4H3,(H,28,30). The van der Waals surface area contributed by atoms with Crippen molar-refractivity contribution in [3.05, 3.63) is 94.0 Å². The van der Waals surface area contributed by atoms with Crippen molar-refractivity contribution in [1.29, 1.82) is 0 Å². The van der Waals surface area contributed by atoms with Crippen LogP contribution >= 0.6 is 11.6 Å². The van der Waals surface area contributed by atoms with Crippen LogP contribution in [0.3, 0.4) is 0 Å². The first-order valence-corrected chi connectivity index (χ1v) is 12.6. The van der Waals surface area contributed by atoms with E-state index in [1.165, 1.54) is 0 Å². The molecular weight excluding hydrogens is 456 g/mol. The Hall–Kier alpha value is -2.83. The summed E-state index contributed by atoms with van der Waals surface area (Å²) < 4.78 is 28.3. The van der Waals surface area contributed by atoms with E-state index in [1.807, 2.05) is 45.0 Å². The van der Waals surface area contributed by atoms with Crippen LogP contribution in [0.5, 0.6) is 0 Å². The predicted octanol–water partition coefficient (Wildman–Crippen LogP) is 5.73. The molecule has 5 nitrogen and oxygen atoms in total. The second-order valence-corrected chi connectivity index (χ2v) is 10.5. The fourth-order valence-corrected chi connectivity index (χ4v) is 5.34. The minimum atomic E-state index is -3.98. The summed E-state index contributed by atoms with van der Waals surface area (Å²) in [5.74, 6) is -0.382. The average Bonchev–Trinajstić information content (AvgIpc) is 2.77. The van der Waals surface area contributed by atoms with Crippen LogP contribution in [-0.4, -0.2) is 20.9 Å². The molecule has 0 aliphatic rings. The molecular formula is C26H29ClN2O3S. The fourth-order valence-electron chi connectivity index (χ4n) is 3.63. The number of rotatable bonds is 8. The van der Waals surface area contributed by atoms with Gasteiger partial charge in [-0.3, -0.25) is 9.10 Å². The van der Waals surface area contributed by atoms with Crippen molar-refractivity contribution in [3.63, 3.8) is 0 Å². The number of hydrogen-bond acceptors (Lipinski definition) is 3. The van der Waals surface area contributed by atoms with Gasteiger partial charge in [-0.25, -0.2) is 8.42 Å². The van der Waals surface area contributed by atoms with E-state index in [4.69, 9.17) is 11.6 Å². The lowest BCUT2D eigenvalue weighted by Crippen LogP contribution is -2.42. The van der Waals surface area contributed by atoms with E-state index >= 15 is 0 Å². The summed E-state index contributed by atoms with van der Waals surface area (Å²) in [7, 11) is -3.98. The highest BCUT2D eigenvalue weighted by molar-refractivity contribution is 7.92. The van der Waals surface area contributed by atoms with E-state index in [2.05, 4.69) is 5.32 Å². The van der Waals surface area contributed by atoms with E-state index < -0.39 is 10.0 Å². The van der Waals surface area contributed by atoms with Crippen molar-refractivity contribution in [2.24, 2.45) is 0 Å². The van der Waals surface area contributed by atoms with E-state index in [9.17, 15) is 13.2 Å². The topological polar surface area (TPSA) is 66.5 Å². The molecule has 0 fully saturated rings. The highest BCUT2D eigenvalue weighted by Crippen LogP contribution is 2.29. The van der Waals surface area contributed by atoms with Crippen LogP contribution < -0.4 is 9.62 Å². The molecule has 1 amide bonds. The number of aryl methyl sites for hydroxylation is 3. The molecule has 3 rings (SSSR count). The maximum absolute atomic E-state index is 13.6. The lowest BCUT2D eigenvalue weighted by molar-refractivity contribution is -0.120. The Morgan fingerprint density at radius 3 is 2.06 bits per heavy atom. The van der Waals surface area contributed by atoms with E-state index in [-0.39, 0.29) is 23.4 Å². The van der Waals surface area contributed by atoms with Crippen molar-refractivity contribution in [2.45, 2.75) is 45.1 Å². The predicted molar refractivity (Wildman–Crippen MR) is 134 cm³/mol. The summed E-state index contributed by atoms with van der Waals surface area (Å²) in [5.41, 5.74) is 4.14. The zero-order valence-electron chi connectivity index (χ0n) is 19.3. The molecule has 0 saturated carbocycles. The van der Waals surface area contributed by atoms with Gasteiger partial charge in [-0.1, -0.05) is 66.0 Å². The molecule has 174 valence electrons. The van der Waals surface area contributed by atoms with Gasteiger partial charge in [0.15, 0.2) is 0 Å². The lowest BCUT2D eigenvalue weighted by atomic mass is 10.0. The molecule has 7 heteroatoms. The van der Waals surface area contributed by atoms with Crippen LogP contribution in [0.4, 0.5) is 5.69 Å². The van der Waals surface area contributed by atoms with Crippen LogP contribution in [0.25, 0.3) is 0 Å². The maximum atomic E-state index is 13.6. The Bertz CT molecular complexity index is 1220. The normalized spacial score (nSPS) is 12.3. The highest BCUT2D eigenvalue weighted by atomic mass is 35.5. The van der Waals surface area contributed by atoms with Crippen molar-refractivity contribution < 1.29 is 13.2 Å². The molecule has 33 heavy (non-hydrogen) atoms. The highest BCUT2D eigenvalue weighted by Gasteiger charge is 2.29. The van der Waals surface area contributed by atoms with Gasteiger partial charge in [-0.05, 0) is 68.7 Å². The van der Waals surface area contributed by atoms with Gasteiger partial charge in [0.2, 0.25) is 5.91 Å². The molecule has 0 saturated heterocycles. The SMILES string of the molecule is CCC(NC(=O)CN(c1ccc(Cl)cc1C)S(=O)(=O)c1ccc(C)cc1)c1ccc(C)cc1. The first-order valence-electron chi connectivity index (χ1n) is 10.8. The number of hydrogen-bond donors (Lipinski definition) is 1. The van der Waals surface area contributed by atoms with Crippen molar-refractivity contribution in [3.8, 4) is 0 Å². The molecule has 1 atom stereocenters. The van der Waals surface area contributed by atoms with Crippen molar-refractivity contribution in [1.82, 2.24) is 5.32 Å². The van der Waals surface area contributed by atoms with Gasteiger partial charge in [0.1, 0.15) is 6.54 Å². The van der Waals surface area contributed by atoms with Crippen molar-refractivity contribution >= 4 is 33.2 Å². The number of benzene rings is 3. The first-order chi connectivity index (χ1) is 15.6. The summed E-state index contributed by atoms with van der Waals surface area (Å²) in [6, 6.07) is 19.3. The average molecular weight is 485 g/mol. The van der Waals surface area contributed by atoms with Gasteiger partial charge in [0.25, 0.3) is 10.0 Å². The zero-order valence-corrected chi connectivity index (χ0v) is 20.9.